The van der Waals surface area contributed by atoms with Gasteiger partial charge in [0, 0.05) is 4.90 Å². The first-order chi connectivity index (χ1) is 18.0. The summed E-state index contributed by atoms with van der Waals surface area (Å²) in [6, 6.07) is 25.5. The summed E-state index contributed by atoms with van der Waals surface area (Å²) >= 11 is 4.77. The van der Waals surface area contributed by atoms with Gasteiger partial charge in [0.15, 0.2) is 0 Å². The normalized spacial score (nSPS) is 13.4. The fourth-order valence-corrected chi connectivity index (χ4v) is 4.61. The lowest BCUT2D eigenvalue weighted by atomic mass is 9.78. The first kappa shape index (κ1) is 33.5. The van der Waals surface area contributed by atoms with E-state index in [1.807, 2.05) is 0 Å². The van der Waals surface area contributed by atoms with Gasteiger partial charge in [-0.2, -0.15) is 47.9 Å². The molecule has 40 heavy (non-hydrogen) atoms. The van der Waals surface area contributed by atoms with Crippen molar-refractivity contribution in [3.8, 4) is 22.3 Å². The van der Waals surface area contributed by atoms with Crippen molar-refractivity contribution < 1.29 is 52.5 Å². The Morgan fingerprint density at radius 2 is 1.07 bits per heavy atom. The summed E-state index contributed by atoms with van der Waals surface area (Å²) < 4.78 is 134. The molecular weight excluding hydrogens is 595 g/mol. The molecule has 3 aromatic rings. The largest absolute Gasteiger partial charge is 0.460 e. The molecule has 0 spiro atoms. The van der Waals surface area contributed by atoms with Crippen LogP contribution in [0.15, 0.2) is 77.7 Å². The van der Waals surface area contributed by atoms with Crippen LogP contribution in [-0.4, -0.2) is 36.2 Å². The van der Waals surface area contributed by atoms with Crippen molar-refractivity contribution >= 4 is 22.7 Å². The topological polar surface area (TPSA) is 54.4 Å². The molecule has 0 saturated carbocycles. The Morgan fingerprint density at radius 1 is 0.650 bits per heavy atom. The summed E-state index contributed by atoms with van der Waals surface area (Å²) in [6.07, 6.45) is -7.13. The quantitative estimate of drug-likeness (QED) is 0.171. The number of hydrogen-bond acceptors (Lipinski definition) is 3. The van der Waals surface area contributed by atoms with Crippen molar-refractivity contribution in [2.45, 2.75) is 54.4 Å². The van der Waals surface area contributed by atoms with Crippen LogP contribution in [0.4, 0.5) is 39.5 Å². The van der Waals surface area contributed by atoms with Gasteiger partial charge in [-0.25, -0.2) is 0 Å². The third-order valence-electron chi connectivity index (χ3n) is 5.52. The monoisotopic (exact) mass is 618 g/mol. The molecular formula is C26H23F9O3S2. The Kier molecular flexibility index (Phi) is 9.45. The smallest absolute Gasteiger partial charge is 0.281 e. The van der Waals surface area contributed by atoms with Crippen LogP contribution in [0.1, 0.15) is 26.3 Å². The zero-order valence-electron chi connectivity index (χ0n) is 20.9. The van der Waals surface area contributed by atoms with E-state index in [0.717, 1.165) is 4.90 Å². The van der Waals surface area contributed by atoms with Gasteiger partial charge in [-0.15, -0.1) is 12.6 Å². The molecule has 0 aliphatic rings. The van der Waals surface area contributed by atoms with Gasteiger partial charge in [0.1, 0.15) is 0 Å². The lowest BCUT2D eigenvalue weighted by Crippen LogP contribution is -2.63. The SMILES string of the molecule is CC(C)(C)c1c(S)ccc(-c2ccccc2)c1-c1ccccc1.O=S(=O)(O)C(F)(F)C(F)(F)C(F)(F)C(F)(F)F. The maximum absolute atomic E-state index is 12.2. The van der Waals surface area contributed by atoms with Gasteiger partial charge < -0.3 is 0 Å². The number of alkyl halides is 9. The van der Waals surface area contributed by atoms with Crippen LogP contribution >= 0.6 is 12.6 Å². The van der Waals surface area contributed by atoms with Crippen LogP contribution in [0.5, 0.6) is 0 Å². The second-order valence-electron chi connectivity index (χ2n) is 9.50. The summed E-state index contributed by atoms with van der Waals surface area (Å²) in [5.41, 5.74) is 6.36. The first-order valence-electron chi connectivity index (χ1n) is 11.1. The highest BCUT2D eigenvalue weighted by atomic mass is 32.2. The highest BCUT2D eigenvalue weighted by Crippen LogP contribution is 2.54. The van der Waals surface area contributed by atoms with E-state index in [1.54, 1.807) is 0 Å². The molecule has 3 aromatic carbocycles. The molecule has 0 saturated heterocycles. The molecule has 3 nitrogen and oxygen atoms in total. The van der Waals surface area contributed by atoms with Gasteiger partial charge in [-0.3, -0.25) is 4.55 Å². The summed E-state index contributed by atoms with van der Waals surface area (Å²) in [5, 5.41) is -7.00. The van der Waals surface area contributed by atoms with E-state index < -0.39 is 33.4 Å². The van der Waals surface area contributed by atoms with E-state index in [9.17, 15) is 47.9 Å². The number of halogens is 9. The molecule has 0 aliphatic carbocycles. The second kappa shape index (κ2) is 11.3. The first-order valence-corrected chi connectivity index (χ1v) is 13.0. The van der Waals surface area contributed by atoms with Gasteiger partial charge in [0.25, 0.3) is 0 Å². The van der Waals surface area contributed by atoms with Crippen LogP contribution in [0.25, 0.3) is 22.3 Å². The third-order valence-corrected chi connectivity index (χ3v) is 6.80. The van der Waals surface area contributed by atoms with Crippen molar-refractivity contribution in [1.82, 2.24) is 0 Å². The molecule has 0 aliphatic heterocycles. The number of hydrogen-bond donors (Lipinski definition) is 2. The van der Waals surface area contributed by atoms with Crippen molar-refractivity contribution in [2.75, 3.05) is 0 Å². The van der Waals surface area contributed by atoms with E-state index >= 15 is 0 Å². The summed E-state index contributed by atoms with van der Waals surface area (Å²) in [7, 11) is -7.17. The molecule has 14 heteroatoms. The zero-order valence-corrected chi connectivity index (χ0v) is 22.7. The Morgan fingerprint density at radius 3 is 1.45 bits per heavy atom. The van der Waals surface area contributed by atoms with E-state index in [0.29, 0.717) is 0 Å². The van der Waals surface area contributed by atoms with Gasteiger partial charge in [0.05, 0.1) is 0 Å². The molecule has 3 rings (SSSR count). The standard InChI is InChI=1S/C22H22S.C4HF9O3S/c1-22(2,3)21-19(23)15-14-18(16-10-6-4-7-11-16)20(21)17-12-8-5-9-13-17;5-1(6,3(9,10)11)2(7,8)4(12,13)17(14,15)16/h4-15,23H,1-3H3;(H,14,15,16). The Labute approximate surface area is 230 Å². The van der Waals surface area contributed by atoms with Crippen molar-refractivity contribution in [3.05, 3.63) is 78.4 Å². The lowest BCUT2D eigenvalue weighted by Gasteiger charge is -2.31. The summed E-state index contributed by atoms with van der Waals surface area (Å²) in [4.78, 5) is 1.05. The molecule has 0 heterocycles. The molecule has 0 aromatic heterocycles. The summed E-state index contributed by atoms with van der Waals surface area (Å²) in [6.45, 7) is 6.76. The average Bonchev–Trinajstić information content (AvgIpc) is 2.83. The van der Waals surface area contributed by atoms with Crippen LogP contribution in [0.3, 0.4) is 0 Å². The lowest BCUT2D eigenvalue weighted by molar-refractivity contribution is -0.382. The molecule has 0 fully saturated rings. The van der Waals surface area contributed by atoms with E-state index in [1.165, 1.54) is 27.8 Å². The number of thiol groups is 1. The zero-order chi connectivity index (χ0) is 30.9. The third kappa shape index (κ3) is 6.44. The van der Waals surface area contributed by atoms with Gasteiger partial charge in [-0.1, -0.05) is 87.5 Å². The van der Waals surface area contributed by atoms with E-state index in [-0.39, 0.29) is 5.41 Å². The predicted molar refractivity (Wildman–Crippen MR) is 136 cm³/mol. The second-order valence-corrected chi connectivity index (χ2v) is 11.4. The molecule has 0 radical (unpaired) electrons. The minimum Gasteiger partial charge on any atom is -0.281 e. The van der Waals surface area contributed by atoms with E-state index in [4.69, 9.17) is 17.2 Å². The van der Waals surface area contributed by atoms with Crippen LogP contribution in [0.2, 0.25) is 0 Å². The maximum Gasteiger partial charge on any atom is 0.460 e. The fraction of sp³-hybridized carbons (Fsp3) is 0.308. The van der Waals surface area contributed by atoms with Crippen molar-refractivity contribution in [1.29, 1.82) is 0 Å². The van der Waals surface area contributed by atoms with Crippen LogP contribution in [0, 0.1) is 0 Å². The highest BCUT2D eigenvalue weighted by molar-refractivity contribution is 7.87. The predicted octanol–water partition coefficient (Wildman–Crippen LogP) is 8.91. The Balaban J connectivity index is 0.000000296. The summed E-state index contributed by atoms with van der Waals surface area (Å²) in [5.74, 6) is -14.7. The van der Waals surface area contributed by atoms with Gasteiger partial charge in [0.2, 0.25) is 0 Å². The van der Waals surface area contributed by atoms with Crippen molar-refractivity contribution in [2.24, 2.45) is 0 Å². The maximum atomic E-state index is 12.2. The highest BCUT2D eigenvalue weighted by Gasteiger charge is 2.85. The number of rotatable bonds is 5. The molecule has 0 amide bonds. The Hall–Kier alpha value is -2.71. The molecule has 0 atom stereocenters. The molecule has 0 bridgehead atoms. The molecule has 0 unspecified atom stereocenters. The van der Waals surface area contributed by atoms with E-state index in [2.05, 4.69) is 93.6 Å². The fourth-order valence-electron chi connectivity index (χ4n) is 3.64. The number of benzene rings is 3. The Bertz CT molecular complexity index is 1420. The van der Waals surface area contributed by atoms with Crippen LogP contribution < -0.4 is 0 Å². The molecule has 220 valence electrons. The minimum atomic E-state index is -7.37. The average molecular weight is 619 g/mol. The van der Waals surface area contributed by atoms with Crippen molar-refractivity contribution in [3.63, 3.8) is 0 Å². The van der Waals surface area contributed by atoms with Gasteiger partial charge in [-0.05, 0) is 39.3 Å². The molecule has 1 N–H and O–H groups in total. The minimum absolute atomic E-state index is 0.0209. The van der Waals surface area contributed by atoms with Crippen LogP contribution in [-0.2, 0) is 15.5 Å². The van der Waals surface area contributed by atoms with Gasteiger partial charge >= 0.3 is 33.4 Å².